The molecule has 18 heavy (non-hydrogen) atoms. The fraction of sp³-hybridized carbons (Fsp3) is 0.267. The Balaban J connectivity index is 1.81. The number of halogens is 1. The fourth-order valence-electron chi connectivity index (χ4n) is 1.88. The van der Waals surface area contributed by atoms with E-state index < -0.39 is 6.10 Å². The van der Waals surface area contributed by atoms with Crippen LogP contribution >= 0.6 is 0 Å². The second kappa shape index (κ2) is 6.26. The molecule has 0 fully saturated rings. The van der Waals surface area contributed by atoms with Crippen LogP contribution in [-0.4, -0.2) is 10.1 Å². The van der Waals surface area contributed by atoms with Gasteiger partial charge in [-0.25, -0.2) is 4.39 Å². The summed E-state index contributed by atoms with van der Waals surface area (Å²) in [5, 5.41) is 9.90. The topological polar surface area (TPSA) is 33.1 Å². The quantitative estimate of drug-likeness (QED) is 0.877. The van der Waals surface area contributed by atoms with Crippen molar-refractivity contribution in [3.8, 4) is 0 Å². The lowest BCUT2D eigenvalue weighted by atomic mass is 10.0. The molecular formula is C15H16FNO. The molecule has 0 saturated heterocycles. The van der Waals surface area contributed by atoms with Crippen molar-refractivity contribution >= 4 is 0 Å². The van der Waals surface area contributed by atoms with Gasteiger partial charge in [0.05, 0.1) is 18.0 Å². The molecule has 2 rings (SSSR count). The molecule has 1 unspecified atom stereocenters. The van der Waals surface area contributed by atoms with Crippen molar-refractivity contribution < 1.29 is 9.50 Å². The van der Waals surface area contributed by atoms with Crippen LogP contribution in [0.3, 0.4) is 0 Å². The molecule has 1 aromatic heterocycles. The third-order valence-electron chi connectivity index (χ3n) is 2.88. The van der Waals surface area contributed by atoms with Gasteiger partial charge in [0.15, 0.2) is 0 Å². The van der Waals surface area contributed by atoms with Crippen LogP contribution < -0.4 is 0 Å². The van der Waals surface area contributed by atoms with Gasteiger partial charge in [-0.05, 0) is 37.0 Å². The maximum absolute atomic E-state index is 12.7. The molecule has 0 bridgehead atoms. The zero-order valence-electron chi connectivity index (χ0n) is 10.1. The Bertz CT molecular complexity index is 470. The highest BCUT2D eigenvalue weighted by Crippen LogP contribution is 2.17. The van der Waals surface area contributed by atoms with Crippen molar-refractivity contribution in [2.45, 2.75) is 25.4 Å². The average molecular weight is 245 g/mol. The number of hydrogen-bond donors (Lipinski definition) is 1. The largest absolute Gasteiger partial charge is 0.387 e. The highest BCUT2D eigenvalue weighted by Gasteiger charge is 2.08. The summed E-state index contributed by atoms with van der Waals surface area (Å²) in [6.07, 6.45) is 2.96. The molecule has 0 aliphatic rings. The van der Waals surface area contributed by atoms with Crippen LogP contribution in [0.5, 0.6) is 0 Å². The Labute approximate surface area is 106 Å². The van der Waals surface area contributed by atoms with Gasteiger partial charge in [-0.15, -0.1) is 0 Å². The van der Waals surface area contributed by atoms with Crippen molar-refractivity contribution in [2.75, 3.05) is 0 Å². The van der Waals surface area contributed by atoms with Gasteiger partial charge >= 0.3 is 0 Å². The highest BCUT2D eigenvalue weighted by atomic mass is 19.1. The minimum atomic E-state index is -0.616. The number of benzene rings is 1. The van der Waals surface area contributed by atoms with Gasteiger partial charge in [0, 0.05) is 0 Å². The fourth-order valence-corrected chi connectivity index (χ4v) is 1.88. The lowest BCUT2D eigenvalue weighted by molar-refractivity contribution is 0.160. The van der Waals surface area contributed by atoms with Crippen molar-refractivity contribution in [3.05, 3.63) is 65.7 Å². The number of rotatable bonds is 5. The van der Waals surface area contributed by atoms with Gasteiger partial charge in [0.25, 0.3) is 0 Å². The lowest BCUT2D eigenvalue weighted by Crippen LogP contribution is -2.01. The molecular weight excluding hydrogens is 229 g/mol. The standard InChI is InChI=1S/C15H16FNO/c16-13-9-10-14(17-11-13)15(18)8-4-7-12-5-2-1-3-6-12/h1-3,5-6,9-11,15,18H,4,7-8H2. The van der Waals surface area contributed by atoms with Gasteiger partial charge in [-0.3, -0.25) is 4.98 Å². The molecule has 0 aliphatic carbocycles. The smallest absolute Gasteiger partial charge is 0.141 e. The van der Waals surface area contributed by atoms with Gasteiger partial charge in [0.1, 0.15) is 5.82 Å². The third-order valence-corrected chi connectivity index (χ3v) is 2.88. The van der Waals surface area contributed by atoms with Gasteiger partial charge in [0.2, 0.25) is 0 Å². The van der Waals surface area contributed by atoms with Crippen LogP contribution in [0.15, 0.2) is 48.7 Å². The van der Waals surface area contributed by atoms with E-state index in [1.807, 2.05) is 18.2 Å². The monoisotopic (exact) mass is 245 g/mol. The molecule has 0 spiro atoms. The second-order valence-corrected chi connectivity index (χ2v) is 4.29. The molecule has 2 nitrogen and oxygen atoms in total. The first-order valence-electron chi connectivity index (χ1n) is 6.09. The molecule has 2 aromatic rings. The first kappa shape index (κ1) is 12.7. The van der Waals surface area contributed by atoms with Gasteiger partial charge < -0.3 is 5.11 Å². The Kier molecular flexibility index (Phi) is 4.42. The molecule has 3 heteroatoms. The van der Waals surface area contributed by atoms with Crippen LogP contribution in [0, 0.1) is 5.82 Å². The van der Waals surface area contributed by atoms with E-state index >= 15 is 0 Å². The maximum Gasteiger partial charge on any atom is 0.141 e. The summed E-state index contributed by atoms with van der Waals surface area (Å²) >= 11 is 0. The van der Waals surface area contributed by atoms with E-state index in [0.29, 0.717) is 12.1 Å². The molecule has 1 N–H and O–H groups in total. The zero-order valence-corrected chi connectivity index (χ0v) is 10.1. The number of nitrogens with zero attached hydrogens (tertiary/aromatic N) is 1. The number of pyridine rings is 1. The zero-order chi connectivity index (χ0) is 12.8. The Morgan fingerprint density at radius 1 is 1.11 bits per heavy atom. The van der Waals surface area contributed by atoms with E-state index in [-0.39, 0.29) is 5.82 Å². The van der Waals surface area contributed by atoms with E-state index in [1.54, 1.807) is 0 Å². The summed E-state index contributed by atoms with van der Waals surface area (Å²) < 4.78 is 12.7. The van der Waals surface area contributed by atoms with Crippen LogP contribution in [0.25, 0.3) is 0 Å². The predicted octanol–water partition coefficient (Wildman–Crippen LogP) is 3.28. The summed E-state index contributed by atoms with van der Waals surface area (Å²) in [7, 11) is 0. The van der Waals surface area contributed by atoms with Crippen molar-refractivity contribution in [1.29, 1.82) is 0 Å². The molecule has 0 amide bonds. The molecule has 94 valence electrons. The highest BCUT2D eigenvalue weighted by molar-refractivity contribution is 5.14. The summed E-state index contributed by atoms with van der Waals surface area (Å²) in [5.74, 6) is -0.379. The number of aromatic nitrogens is 1. The van der Waals surface area contributed by atoms with E-state index in [9.17, 15) is 9.50 Å². The van der Waals surface area contributed by atoms with E-state index in [1.165, 1.54) is 17.7 Å². The minimum absolute atomic E-state index is 0.379. The SMILES string of the molecule is OC(CCCc1ccccc1)c1ccc(F)cn1. The van der Waals surface area contributed by atoms with E-state index in [2.05, 4.69) is 17.1 Å². The van der Waals surface area contributed by atoms with Gasteiger partial charge in [-0.1, -0.05) is 30.3 Å². The first-order chi connectivity index (χ1) is 8.75. The minimum Gasteiger partial charge on any atom is -0.387 e. The molecule has 1 heterocycles. The van der Waals surface area contributed by atoms with Crippen LogP contribution in [0.4, 0.5) is 4.39 Å². The molecule has 0 saturated carbocycles. The summed E-state index contributed by atoms with van der Waals surface area (Å²) in [4.78, 5) is 3.88. The number of aryl methyl sites for hydroxylation is 1. The van der Waals surface area contributed by atoms with Gasteiger partial charge in [-0.2, -0.15) is 0 Å². The summed E-state index contributed by atoms with van der Waals surface area (Å²) in [6.45, 7) is 0. The van der Waals surface area contributed by atoms with Crippen molar-refractivity contribution in [1.82, 2.24) is 4.98 Å². The van der Waals surface area contributed by atoms with Crippen LogP contribution in [0.2, 0.25) is 0 Å². The number of hydrogen-bond acceptors (Lipinski definition) is 2. The van der Waals surface area contributed by atoms with E-state index in [4.69, 9.17) is 0 Å². The number of aliphatic hydroxyl groups is 1. The second-order valence-electron chi connectivity index (χ2n) is 4.29. The maximum atomic E-state index is 12.7. The Hall–Kier alpha value is -1.74. The van der Waals surface area contributed by atoms with Crippen LogP contribution in [-0.2, 0) is 6.42 Å². The molecule has 0 aliphatic heterocycles. The summed E-state index contributed by atoms with van der Waals surface area (Å²) in [6, 6.07) is 13.0. The predicted molar refractivity (Wildman–Crippen MR) is 68.5 cm³/mol. The Morgan fingerprint density at radius 3 is 2.56 bits per heavy atom. The normalized spacial score (nSPS) is 12.3. The summed E-state index contributed by atoms with van der Waals surface area (Å²) in [5.41, 5.74) is 1.79. The molecule has 1 atom stereocenters. The first-order valence-corrected chi connectivity index (χ1v) is 6.09. The number of aliphatic hydroxyl groups excluding tert-OH is 1. The third kappa shape index (κ3) is 3.64. The average Bonchev–Trinajstić information content (AvgIpc) is 2.40. The van der Waals surface area contributed by atoms with Crippen LogP contribution in [0.1, 0.15) is 30.2 Å². The molecule has 0 radical (unpaired) electrons. The van der Waals surface area contributed by atoms with Crippen molar-refractivity contribution in [2.24, 2.45) is 0 Å². The lowest BCUT2D eigenvalue weighted by Gasteiger charge is -2.09. The molecule has 1 aromatic carbocycles. The van der Waals surface area contributed by atoms with E-state index in [0.717, 1.165) is 19.0 Å². The Morgan fingerprint density at radius 2 is 1.89 bits per heavy atom. The van der Waals surface area contributed by atoms with Crippen molar-refractivity contribution in [3.63, 3.8) is 0 Å².